The molecule has 1 fully saturated rings. The number of amides is 1. The second kappa shape index (κ2) is 7.99. The second-order valence-corrected chi connectivity index (χ2v) is 7.64. The van der Waals surface area contributed by atoms with Crippen LogP contribution in [0.3, 0.4) is 0 Å². The highest BCUT2D eigenvalue weighted by atomic mass is 35.5. The van der Waals surface area contributed by atoms with Crippen molar-refractivity contribution >= 4 is 45.9 Å². The number of benzene rings is 2. The van der Waals surface area contributed by atoms with Gasteiger partial charge in [0.2, 0.25) is 5.91 Å². The standard InChI is InChI=1S/C20H19Cl2N3O3/c21-13-7-8-15(14(22)12-13)23-19(26)17-5-3-9-24(17)10-11-25-16-4-1-2-6-18(16)28-20(25)27/h1-2,4,6-8,12,17H,3,5,9-11H2,(H,23,26)/t17-/m0/s1. The zero-order chi connectivity index (χ0) is 19.7. The minimum atomic E-state index is -0.380. The fourth-order valence-electron chi connectivity index (χ4n) is 3.65. The Morgan fingerprint density at radius 2 is 2.00 bits per heavy atom. The largest absolute Gasteiger partial charge is 0.419 e. The first-order valence-corrected chi connectivity index (χ1v) is 9.87. The molecule has 1 atom stereocenters. The van der Waals surface area contributed by atoms with Crippen molar-refractivity contribution in [2.24, 2.45) is 0 Å². The van der Waals surface area contributed by atoms with Crippen LogP contribution in [0.4, 0.5) is 5.69 Å². The lowest BCUT2D eigenvalue weighted by Gasteiger charge is -2.23. The van der Waals surface area contributed by atoms with Gasteiger partial charge in [-0.2, -0.15) is 0 Å². The Bertz CT molecular complexity index is 1080. The average Bonchev–Trinajstić information content (AvgIpc) is 3.26. The molecule has 0 bridgehead atoms. The number of oxazole rings is 1. The molecule has 28 heavy (non-hydrogen) atoms. The molecule has 0 radical (unpaired) electrons. The summed E-state index contributed by atoms with van der Waals surface area (Å²) in [6.45, 7) is 1.84. The molecule has 2 aromatic carbocycles. The smallest absolute Gasteiger partial charge is 0.408 e. The number of carbonyl (C=O) groups is 1. The predicted molar refractivity (Wildman–Crippen MR) is 110 cm³/mol. The molecule has 1 saturated heterocycles. The van der Waals surface area contributed by atoms with E-state index in [1.54, 1.807) is 28.8 Å². The topological polar surface area (TPSA) is 67.5 Å². The predicted octanol–water partition coefficient (Wildman–Crippen LogP) is 4.00. The van der Waals surface area contributed by atoms with Crippen LogP contribution in [0, 0.1) is 0 Å². The number of halogens is 2. The summed E-state index contributed by atoms with van der Waals surface area (Å²) in [7, 11) is 0. The minimum Gasteiger partial charge on any atom is -0.408 e. The molecule has 0 aliphatic carbocycles. The van der Waals surface area contributed by atoms with Crippen LogP contribution in [0.1, 0.15) is 12.8 Å². The zero-order valence-electron chi connectivity index (χ0n) is 15.0. The Morgan fingerprint density at radius 3 is 2.82 bits per heavy atom. The molecule has 4 rings (SSSR count). The van der Waals surface area contributed by atoms with Crippen molar-refractivity contribution in [3.05, 3.63) is 63.1 Å². The minimum absolute atomic E-state index is 0.105. The molecule has 1 aliphatic heterocycles. The monoisotopic (exact) mass is 419 g/mol. The van der Waals surface area contributed by atoms with E-state index in [-0.39, 0.29) is 17.7 Å². The maximum Gasteiger partial charge on any atom is 0.419 e. The third-order valence-electron chi connectivity index (χ3n) is 5.04. The number of fused-ring (bicyclic) bond motifs is 1. The van der Waals surface area contributed by atoms with Gasteiger partial charge in [0, 0.05) is 18.1 Å². The highest BCUT2D eigenvalue weighted by Gasteiger charge is 2.31. The number of hydrogen-bond donors (Lipinski definition) is 1. The number of carbonyl (C=O) groups excluding carboxylic acids is 1. The van der Waals surface area contributed by atoms with Crippen LogP contribution < -0.4 is 11.1 Å². The SMILES string of the molecule is O=C(Nc1ccc(Cl)cc1Cl)[C@@H]1CCCN1CCn1c(=O)oc2ccccc21. The summed E-state index contributed by atoms with van der Waals surface area (Å²) in [6.07, 6.45) is 1.69. The van der Waals surface area contributed by atoms with Crippen molar-refractivity contribution in [3.63, 3.8) is 0 Å². The van der Waals surface area contributed by atoms with Gasteiger partial charge in [-0.05, 0) is 49.7 Å². The van der Waals surface area contributed by atoms with Gasteiger partial charge in [0.25, 0.3) is 0 Å². The third kappa shape index (κ3) is 3.81. The molecule has 1 aromatic heterocycles. The summed E-state index contributed by atoms with van der Waals surface area (Å²) >= 11 is 12.1. The lowest BCUT2D eigenvalue weighted by molar-refractivity contribution is -0.120. The number of likely N-dealkylation sites (tertiary alicyclic amines) is 1. The molecule has 1 aliphatic rings. The van der Waals surface area contributed by atoms with E-state index >= 15 is 0 Å². The lowest BCUT2D eigenvalue weighted by Crippen LogP contribution is -2.41. The van der Waals surface area contributed by atoms with Gasteiger partial charge >= 0.3 is 5.76 Å². The lowest BCUT2D eigenvalue weighted by atomic mass is 10.2. The first kappa shape index (κ1) is 19.1. The normalized spacial score (nSPS) is 17.3. The number of aromatic nitrogens is 1. The Balaban J connectivity index is 1.45. The summed E-state index contributed by atoms with van der Waals surface area (Å²) in [4.78, 5) is 27.0. The van der Waals surface area contributed by atoms with E-state index in [1.165, 1.54) is 0 Å². The van der Waals surface area contributed by atoms with E-state index in [0.29, 0.717) is 34.4 Å². The highest BCUT2D eigenvalue weighted by molar-refractivity contribution is 6.36. The summed E-state index contributed by atoms with van der Waals surface area (Å²) in [5, 5.41) is 3.81. The van der Waals surface area contributed by atoms with Gasteiger partial charge in [-0.15, -0.1) is 0 Å². The maximum absolute atomic E-state index is 12.8. The first-order valence-electron chi connectivity index (χ1n) is 9.11. The molecule has 0 spiro atoms. The van der Waals surface area contributed by atoms with E-state index in [0.717, 1.165) is 24.9 Å². The number of rotatable bonds is 5. The first-order chi connectivity index (χ1) is 13.5. The van der Waals surface area contributed by atoms with E-state index in [4.69, 9.17) is 27.6 Å². The van der Waals surface area contributed by atoms with E-state index < -0.39 is 0 Å². The van der Waals surface area contributed by atoms with Gasteiger partial charge in [-0.25, -0.2) is 4.79 Å². The number of nitrogens with one attached hydrogen (secondary N) is 1. The fourth-order valence-corrected chi connectivity index (χ4v) is 4.11. The van der Waals surface area contributed by atoms with E-state index in [2.05, 4.69) is 10.2 Å². The fraction of sp³-hybridized carbons (Fsp3) is 0.300. The highest BCUT2D eigenvalue weighted by Crippen LogP contribution is 2.27. The molecule has 8 heteroatoms. The van der Waals surface area contributed by atoms with Crippen LogP contribution in [0.2, 0.25) is 10.0 Å². The van der Waals surface area contributed by atoms with Gasteiger partial charge in [-0.1, -0.05) is 35.3 Å². The van der Waals surface area contributed by atoms with E-state index in [9.17, 15) is 9.59 Å². The van der Waals surface area contributed by atoms with Crippen LogP contribution in [0.15, 0.2) is 51.7 Å². The van der Waals surface area contributed by atoms with Crippen molar-refractivity contribution in [1.82, 2.24) is 9.47 Å². The third-order valence-corrected chi connectivity index (χ3v) is 5.59. The van der Waals surface area contributed by atoms with E-state index in [1.807, 2.05) is 18.2 Å². The van der Waals surface area contributed by atoms with Crippen molar-refractivity contribution in [1.29, 1.82) is 0 Å². The quantitative estimate of drug-likeness (QED) is 0.678. The zero-order valence-corrected chi connectivity index (χ0v) is 16.5. The number of para-hydroxylation sites is 2. The Morgan fingerprint density at radius 1 is 1.18 bits per heavy atom. The van der Waals surface area contributed by atoms with Gasteiger partial charge in [0.05, 0.1) is 22.3 Å². The number of nitrogens with zero attached hydrogens (tertiary/aromatic N) is 2. The van der Waals surface area contributed by atoms with Crippen LogP contribution >= 0.6 is 23.2 Å². The maximum atomic E-state index is 12.8. The summed E-state index contributed by atoms with van der Waals surface area (Å²) in [5.74, 6) is -0.486. The van der Waals surface area contributed by atoms with Gasteiger partial charge in [0.15, 0.2) is 5.58 Å². The summed E-state index contributed by atoms with van der Waals surface area (Å²) in [5.41, 5.74) is 1.88. The average molecular weight is 420 g/mol. The molecule has 146 valence electrons. The van der Waals surface area contributed by atoms with Crippen LogP contribution in [-0.4, -0.2) is 34.5 Å². The number of anilines is 1. The van der Waals surface area contributed by atoms with Crippen molar-refractivity contribution < 1.29 is 9.21 Å². The molecule has 1 N–H and O–H groups in total. The molecule has 0 unspecified atom stereocenters. The molecule has 3 aromatic rings. The van der Waals surface area contributed by atoms with Crippen LogP contribution in [-0.2, 0) is 11.3 Å². The Kier molecular flexibility index (Phi) is 5.44. The van der Waals surface area contributed by atoms with Crippen molar-refractivity contribution in [3.8, 4) is 0 Å². The second-order valence-electron chi connectivity index (χ2n) is 6.79. The molecule has 0 saturated carbocycles. The van der Waals surface area contributed by atoms with Gasteiger partial charge in [-0.3, -0.25) is 14.3 Å². The summed E-state index contributed by atoms with van der Waals surface area (Å²) in [6, 6.07) is 12.0. The van der Waals surface area contributed by atoms with Gasteiger partial charge < -0.3 is 9.73 Å². The molecule has 2 heterocycles. The van der Waals surface area contributed by atoms with Gasteiger partial charge in [0.1, 0.15) is 0 Å². The van der Waals surface area contributed by atoms with Crippen LogP contribution in [0.5, 0.6) is 0 Å². The molecular weight excluding hydrogens is 401 g/mol. The molecule has 6 nitrogen and oxygen atoms in total. The van der Waals surface area contributed by atoms with Crippen molar-refractivity contribution in [2.45, 2.75) is 25.4 Å². The Labute approximate surface area is 171 Å². The Hall–Kier alpha value is -2.28. The van der Waals surface area contributed by atoms with Crippen LogP contribution in [0.25, 0.3) is 11.1 Å². The van der Waals surface area contributed by atoms with Crippen molar-refractivity contribution in [2.75, 3.05) is 18.4 Å². The summed E-state index contributed by atoms with van der Waals surface area (Å²) < 4.78 is 6.88. The number of hydrogen-bond acceptors (Lipinski definition) is 4. The molecular formula is C20H19Cl2N3O3. The molecule has 1 amide bonds.